The minimum atomic E-state index is -0.445. The lowest BCUT2D eigenvalue weighted by Gasteiger charge is -2.18. The number of hydrogen-bond donors (Lipinski definition) is 0. The van der Waals surface area contributed by atoms with Crippen molar-refractivity contribution in [1.29, 1.82) is 0 Å². The van der Waals surface area contributed by atoms with Crippen LogP contribution in [0.25, 0.3) is 11.5 Å². The predicted molar refractivity (Wildman–Crippen MR) is 69.0 cm³/mol. The van der Waals surface area contributed by atoms with E-state index in [9.17, 15) is 4.39 Å². The second-order valence-corrected chi connectivity index (χ2v) is 4.68. The Morgan fingerprint density at radius 2 is 2.25 bits per heavy atom. The van der Waals surface area contributed by atoms with E-state index >= 15 is 0 Å². The first-order valence-corrected chi connectivity index (χ1v) is 6.53. The number of benzene rings is 1. The van der Waals surface area contributed by atoms with E-state index in [0.29, 0.717) is 18.2 Å². The molecule has 2 aromatic rings. The van der Waals surface area contributed by atoms with Crippen molar-refractivity contribution in [2.24, 2.45) is 0 Å². The van der Waals surface area contributed by atoms with Gasteiger partial charge in [0.05, 0.1) is 19.6 Å². The summed E-state index contributed by atoms with van der Waals surface area (Å²) in [5, 5.41) is 7.95. The van der Waals surface area contributed by atoms with E-state index in [4.69, 9.17) is 13.9 Å². The number of ether oxygens (including phenoxy) is 2. The highest BCUT2D eigenvalue weighted by atomic mass is 19.1. The van der Waals surface area contributed by atoms with Crippen LogP contribution >= 0.6 is 0 Å². The fourth-order valence-electron chi connectivity index (χ4n) is 2.32. The molecule has 1 aliphatic heterocycles. The molecule has 2 heterocycles. The molecule has 3 rings (SSSR count). The van der Waals surface area contributed by atoms with Crippen LogP contribution in [-0.2, 0) is 4.74 Å². The molecule has 6 heteroatoms. The summed E-state index contributed by atoms with van der Waals surface area (Å²) >= 11 is 0. The van der Waals surface area contributed by atoms with Gasteiger partial charge in [-0.3, -0.25) is 0 Å². The van der Waals surface area contributed by atoms with Crippen molar-refractivity contribution in [3.63, 3.8) is 0 Å². The molecule has 1 saturated heterocycles. The van der Waals surface area contributed by atoms with Crippen molar-refractivity contribution >= 4 is 0 Å². The van der Waals surface area contributed by atoms with Crippen LogP contribution in [0.3, 0.4) is 0 Å². The zero-order chi connectivity index (χ0) is 13.9. The second-order valence-electron chi connectivity index (χ2n) is 4.68. The molecule has 1 atom stereocenters. The van der Waals surface area contributed by atoms with Crippen LogP contribution in [0.15, 0.2) is 22.6 Å². The van der Waals surface area contributed by atoms with Crippen LogP contribution < -0.4 is 4.74 Å². The van der Waals surface area contributed by atoms with E-state index in [1.165, 1.54) is 13.2 Å². The Kier molecular flexibility index (Phi) is 3.64. The lowest BCUT2D eigenvalue weighted by Crippen LogP contribution is -2.15. The molecule has 1 aromatic heterocycles. The van der Waals surface area contributed by atoms with Gasteiger partial charge in [-0.25, -0.2) is 4.39 Å². The van der Waals surface area contributed by atoms with Gasteiger partial charge in [-0.15, -0.1) is 10.2 Å². The van der Waals surface area contributed by atoms with Gasteiger partial charge in [0.1, 0.15) is 17.1 Å². The summed E-state index contributed by atoms with van der Waals surface area (Å²) in [5.41, 5.74) is 0.200. The van der Waals surface area contributed by atoms with Crippen molar-refractivity contribution in [3.05, 3.63) is 29.9 Å². The van der Waals surface area contributed by atoms with E-state index in [-0.39, 0.29) is 17.4 Å². The van der Waals surface area contributed by atoms with E-state index in [0.717, 1.165) is 19.4 Å². The number of hydrogen-bond acceptors (Lipinski definition) is 5. The topological polar surface area (TPSA) is 57.4 Å². The first kappa shape index (κ1) is 13.1. The molecule has 20 heavy (non-hydrogen) atoms. The van der Waals surface area contributed by atoms with Gasteiger partial charge in [0.2, 0.25) is 5.89 Å². The largest absolute Gasteiger partial charge is 0.496 e. The number of halogens is 1. The number of rotatable bonds is 3. The summed E-state index contributed by atoms with van der Waals surface area (Å²) in [7, 11) is 1.48. The molecule has 1 unspecified atom stereocenters. The predicted octanol–water partition coefficient (Wildman–Crippen LogP) is 2.78. The summed E-state index contributed by atoms with van der Waals surface area (Å²) in [5.74, 6) is 0.646. The SMILES string of the molecule is COc1cccc(F)c1-c1nnc(C2CCCOC2)o1. The van der Waals surface area contributed by atoms with Gasteiger partial charge in [0, 0.05) is 6.61 Å². The third kappa shape index (κ3) is 2.38. The molecule has 0 amide bonds. The molecule has 106 valence electrons. The maximum absolute atomic E-state index is 13.9. The molecule has 0 radical (unpaired) electrons. The van der Waals surface area contributed by atoms with Crippen LogP contribution in [0.5, 0.6) is 5.75 Å². The maximum Gasteiger partial charge on any atom is 0.254 e. The lowest BCUT2D eigenvalue weighted by molar-refractivity contribution is 0.0727. The summed E-state index contributed by atoms with van der Waals surface area (Å²) in [4.78, 5) is 0. The molecule has 0 bridgehead atoms. The van der Waals surface area contributed by atoms with Gasteiger partial charge in [0.25, 0.3) is 5.89 Å². The number of methoxy groups -OCH3 is 1. The van der Waals surface area contributed by atoms with Gasteiger partial charge >= 0.3 is 0 Å². The highest BCUT2D eigenvalue weighted by Gasteiger charge is 2.24. The first-order valence-electron chi connectivity index (χ1n) is 6.53. The molecule has 1 aromatic carbocycles. The molecule has 0 spiro atoms. The first-order chi connectivity index (χ1) is 9.79. The molecular weight excluding hydrogens is 263 g/mol. The van der Waals surface area contributed by atoms with Crippen molar-refractivity contribution < 1.29 is 18.3 Å². The van der Waals surface area contributed by atoms with Crippen LogP contribution in [0, 0.1) is 5.82 Å². The number of aromatic nitrogens is 2. The summed E-state index contributed by atoms with van der Waals surface area (Å²) in [6.07, 6.45) is 1.90. The van der Waals surface area contributed by atoms with Crippen LogP contribution in [-0.4, -0.2) is 30.5 Å². The molecular formula is C14H15FN2O3. The van der Waals surface area contributed by atoms with Crippen molar-refractivity contribution in [3.8, 4) is 17.2 Å². The van der Waals surface area contributed by atoms with Crippen LogP contribution in [0.2, 0.25) is 0 Å². The van der Waals surface area contributed by atoms with Gasteiger partial charge < -0.3 is 13.9 Å². The molecule has 0 aliphatic carbocycles. The maximum atomic E-state index is 13.9. The van der Waals surface area contributed by atoms with Gasteiger partial charge in [-0.05, 0) is 25.0 Å². The average molecular weight is 278 g/mol. The molecule has 1 aliphatic rings. The molecule has 1 fully saturated rings. The number of nitrogens with zero attached hydrogens (tertiary/aromatic N) is 2. The summed E-state index contributed by atoms with van der Waals surface area (Å²) in [6, 6.07) is 4.57. The van der Waals surface area contributed by atoms with Crippen LogP contribution in [0.1, 0.15) is 24.7 Å². The van der Waals surface area contributed by atoms with Gasteiger partial charge in [-0.1, -0.05) is 6.07 Å². The smallest absolute Gasteiger partial charge is 0.254 e. The van der Waals surface area contributed by atoms with Gasteiger partial charge in [0.15, 0.2) is 0 Å². The molecule has 0 saturated carbocycles. The van der Waals surface area contributed by atoms with Gasteiger partial charge in [-0.2, -0.15) is 0 Å². The minimum absolute atomic E-state index is 0.0859. The second kappa shape index (κ2) is 5.58. The zero-order valence-corrected chi connectivity index (χ0v) is 11.1. The lowest BCUT2D eigenvalue weighted by atomic mass is 10.0. The highest BCUT2D eigenvalue weighted by Crippen LogP contribution is 2.33. The van der Waals surface area contributed by atoms with Crippen molar-refractivity contribution in [2.75, 3.05) is 20.3 Å². The Morgan fingerprint density at radius 1 is 1.35 bits per heavy atom. The normalized spacial score (nSPS) is 19.0. The molecule has 5 nitrogen and oxygen atoms in total. The molecule has 0 N–H and O–H groups in total. The zero-order valence-electron chi connectivity index (χ0n) is 11.1. The quantitative estimate of drug-likeness (QED) is 0.864. The average Bonchev–Trinajstić information content (AvgIpc) is 2.97. The monoisotopic (exact) mass is 278 g/mol. The summed E-state index contributed by atoms with van der Waals surface area (Å²) in [6.45, 7) is 1.33. The Hall–Kier alpha value is -1.95. The van der Waals surface area contributed by atoms with Crippen molar-refractivity contribution in [2.45, 2.75) is 18.8 Å². The Labute approximate surface area is 115 Å². The Morgan fingerprint density at radius 3 is 3.00 bits per heavy atom. The standard InChI is InChI=1S/C14H15FN2O3/c1-18-11-6-2-5-10(15)12(11)14-17-16-13(20-14)9-4-3-7-19-8-9/h2,5-6,9H,3-4,7-8H2,1H3. The Bertz CT molecular complexity index is 594. The third-order valence-corrected chi connectivity index (χ3v) is 3.36. The third-order valence-electron chi connectivity index (χ3n) is 3.36. The fourth-order valence-corrected chi connectivity index (χ4v) is 2.32. The van der Waals surface area contributed by atoms with E-state index in [1.807, 2.05) is 0 Å². The van der Waals surface area contributed by atoms with E-state index < -0.39 is 5.82 Å². The summed E-state index contributed by atoms with van der Waals surface area (Å²) < 4.78 is 30.1. The van der Waals surface area contributed by atoms with E-state index in [1.54, 1.807) is 12.1 Å². The Balaban J connectivity index is 1.93. The fraction of sp³-hybridized carbons (Fsp3) is 0.429. The van der Waals surface area contributed by atoms with Crippen molar-refractivity contribution in [1.82, 2.24) is 10.2 Å². The minimum Gasteiger partial charge on any atom is -0.496 e. The van der Waals surface area contributed by atoms with Crippen LogP contribution in [0.4, 0.5) is 4.39 Å². The van der Waals surface area contributed by atoms with E-state index in [2.05, 4.69) is 10.2 Å². The highest BCUT2D eigenvalue weighted by molar-refractivity contribution is 5.63.